The van der Waals surface area contributed by atoms with Crippen molar-refractivity contribution < 1.29 is 14.3 Å². The number of ketones is 1. The molecule has 1 amide bonds. The zero-order chi connectivity index (χ0) is 12.7. The zero-order valence-corrected chi connectivity index (χ0v) is 10.1. The van der Waals surface area contributed by atoms with E-state index in [1.165, 1.54) is 0 Å². The second-order valence-electron chi connectivity index (χ2n) is 4.03. The lowest BCUT2D eigenvalue weighted by Gasteiger charge is -2.06. The van der Waals surface area contributed by atoms with Crippen molar-refractivity contribution in [1.29, 1.82) is 0 Å². The number of nitrogens with one attached hydrogen (secondary N) is 1. The van der Waals surface area contributed by atoms with Crippen molar-refractivity contribution in [3.8, 4) is 0 Å². The fourth-order valence-corrected chi connectivity index (χ4v) is 1.13. The lowest BCUT2D eigenvalue weighted by Crippen LogP contribution is -2.22. The zero-order valence-electron chi connectivity index (χ0n) is 10.1. The van der Waals surface area contributed by atoms with Gasteiger partial charge in [-0.15, -0.1) is 0 Å². The number of hydrogen-bond donors (Lipinski definition) is 1. The molecule has 4 heteroatoms. The molecule has 0 spiro atoms. The Hall–Kier alpha value is -1.68. The lowest BCUT2D eigenvalue weighted by atomic mass is 10.1. The first-order valence-electron chi connectivity index (χ1n) is 5.55. The predicted molar refractivity (Wildman–Crippen MR) is 65.7 cm³/mol. The quantitative estimate of drug-likeness (QED) is 0.818. The highest BCUT2D eigenvalue weighted by atomic mass is 16.5. The summed E-state index contributed by atoms with van der Waals surface area (Å²) in [6, 6.07) is 9.11. The van der Waals surface area contributed by atoms with Gasteiger partial charge in [-0.05, 0) is 12.1 Å². The summed E-state index contributed by atoms with van der Waals surface area (Å²) in [5.74, 6) is -0.322. The van der Waals surface area contributed by atoms with Crippen LogP contribution in [0.5, 0.6) is 0 Å². The summed E-state index contributed by atoms with van der Waals surface area (Å²) in [5, 5.41) is 2.67. The molecule has 0 fully saturated rings. The average molecular weight is 235 g/mol. The van der Waals surface area contributed by atoms with E-state index in [-0.39, 0.29) is 30.8 Å². The van der Waals surface area contributed by atoms with E-state index >= 15 is 0 Å². The monoisotopic (exact) mass is 235 g/mol. The van der Waals surface area contributed by atoms with Crippen LogP contribution >= 0.6 is 0 Å². The average Bonchev–Trinajstić information content (AvgIpc) is 2.30. The van der Waals surface area contributed by atoms with Crippen molar-refractivity contribution in [1.82, 2.24) is 0 Å². The molecule has 0 aliphatic heterocycles. The lowest BCUT2D eigenvalue weighted by molar-refractivity contribution is -0.129. The molecule has 1 N–H and O–H groups in total. The van der Waals surface area contributed by atoms with E-state index < -0.39 is 0 Å². The number of anilines is 1. The van der Waals surface area contributed by atoms with Crippen molar-refractivity contribution in [2.24, 2.45) is 5.92 Å². The van der Waals surface area contributed by atoms with Gasteiger partial charge in [0.15, 0.2) is 5.78 Å². The van der Waals surface area contributed by atoms with Crippen LogP contribution in [0.4, 0.5) is 5.69 Å². The summed E-state index contributed by atoms with van der Waals surface area (Å²) in [5.41, 5.74) is 0.719. The van der Waals surface area contributed by atoms with Gasteiger partial charge in [0.05, 0.1) is 0 Å². The third-order valence-electron chi connectivity index (χ3n) is 2.18. The Balaban J connectivity index is 2.25. The molecule has 92 valence electrons. The summed E-state index contributed by atoms with van der Waals surface area (Å²) in [6.07, 6.45) is 0. The minimum atomic E-state index is -0.257. The van der Waals surface area contributed by atoms with E-state index in [9.17, 15) is 9.59 Å². The summed E-state index contributed by atoms with van der Waals surface area (Å²) in [7, 11) is 0. The van der Waals surface area contributed by atoms with E-state index in [1.54, 1.807) is 26.0 Å². The van der Waals surface area contributed by atoms with Crippen LogP contribution < -0.4 is 5.32 Å². The molecule has 4 nitrogen and oxygen atoms in total. The highest BCUT2D eigenvalue weighted by molar-refractivity contribution is 5.91. The highest BCUT2D eigenvalue weighted by Gasteiger charge is 2.08. The van der Waals surface area contributed by atoms with Crippen LogP contribution in [-0.2, 0) is 14.3 Å². The van der Waals surface area contributed by atoms with Crippen molar-refractivity contribution in [2.45, 2.75) is 13.8 Å². The molecule has 0 radical (unpaired) electrons. The van der Waals surface area contributed by atoms with Crippen LogP contribution in [0.25, 0.3) is 0 Å². The second-order valence-corrected chi connectivity index (χ2v) is 4.03. The number of amides is 1. The van der Waals surface area contributed by atoms with Crippen molar-refractivity contribution in [3.05, 3.63) is 30.3 Å². The van der Waals surface area contributed by atoms with E-state index in [1.807, 2.05) is 18.2 Å². The van der Waals surface area contributed by atoms with Gasteiger partial charge in [0.25, 0.3) is 0 Å². The molecule has 0 aliphatic rings. The molecule has 17 heavy (non-hydrogen) atoms. The van der Waals surface area contributed by atoms with Crippen LogP contribution in [-0.4, -0.2) is 24.9 Å². The number of Topliss-reactive ketones (excluding diaryl/α,β-unsaturated/α-hetero) is 1. The normalized spacial score (nSPS) is 10.3. The molecular formula is C13H17NO3. The van der Waals surface area contributed by atoms with Gasteiger partial charge in [0.1, 0.15) is 13.2 Å². The standard InChI is InChI=1S/C13H17NO3/c1-10(2)12(15)8-17-9-13(16)14-11-6-4-3-5-7-11/h3-7,10H,8-9H2,1-2H3,(H,14,16). The number of carbonyl (C=O) groups excluding carboxylic acids is 2. The second kappa shape index (κ2) is 6.81. The van der Waals surface area contributed by atoms with Gasteiger partial charge >= 0.3 is 0 Å². The smallest absolute Gasteiger partial charge is 0.250 e. The van der Waals surface area contributed by atoms with Crippen LogP contribution in [0.2, 0.25) is 0 Å². The van der Waals surface area contributed by atoms with Crippen molar-refractivity contribution in [2.75, 3.05) is 18.5 Å². The third kappa shape index (κ3) is 5.26. The maximum atomic E-state index is 11.4. The molecule has 0 aliphatic carbocycles. The topological polar surface area (TPSA) is 55.4 Å². The van der Waals surface area contributed by atoms with Gasteiger partial charge in [-0.25, -0.2) is 0 Å². The molecule has 0 heterocycles. The van der Waals surface area contributed by atoms with Gasteiger partial charge in [0, 0.05) is 11.6 Å². The van der Waals surface area contributed by atoms with Gasteiger partial charge in [-0.3, -0.25) is 9.59 Å². The first-order valence-corrected chi connectivity index (χ1v) is 5.55. The maximum absolute atomic E-state index is 11.4. The number of benzene rings is 1. The number of carbonyl (C=O) groups is 2. The molecule has 0 saturated heterocycles. The van der Waals surface area contributed by atoms with E-state index in [0.29, 0.717) is 0 Å². The molecule has 0 unspecified atom stereocenters. The number of para-hydroxylation sites is 1. The molecule has 0 saturated carbocycles. The Morgan fingerprint density at radius 3 is 2.41 bits per heavy atom. The third-order valence-corrected chi connectivity index (χ3v) is 2.18. The molecule has 0 aromatic heterocycles. The Kier molecular flexibility index (Phi) is 5.36. The van der Waals surface area contributed by atoms with E-state index in [4.69, 9.17) is 4.74 Å². The Morgan fingerprint density at radius 1 is 1.18 bits per heavy atom. The van der Waals surface area contributed by atoms with E-state index in [2.05, 4.69) is 5.32 Å². The Morgan fingerprint density at radius 2 is 1.82 bits per heavy atom. The summed E-state index contributed by atoms with van der Waals surface area (Å²) < 4.78 is 5.03. The number of rotatable bonds is 6. The minimum Gasteiger partial charge on any atom is -0.364 e. The number of hydrogen-bond acceptors (Lipinski definition) is 3. The summed E-state index contributed by atoms with van der Waals surface area (Å²) in [4.78, 5) is 22.6. The SMILES string of the molecule is CC(C)C(=O)COCC(=O)Nc1ccccc1. The molecule has 1 aromatic carbocycles. The van der Waals surface area contributed by atoms with Gasteiger partial charge in [-0.2, -0.15) is 0 Å². The van der Waals surface area contributed by atoms with Gasteiger partial charge in [-0.1, -0.05) is 32.0 Å². The molecule has 0 bridgehead atoms. The molecule has 1 rings (SSSR count). The van der Waals surface area contributed by atoms with E-state index in [0.717, 1.165) is 5.69 Å². The van der Waals surface area contributed by atoms with Gasteiger partial charge in [0.2, 0.25) is 5.91 Å². The number of ether oxygens (including phenoxy) is 1. The van der Waals surface area contributed by atoms with Crippen LogP contribution in [0.3, 0.4) is 0 Å². The van der Waals surface area contributed by atoms with Crippen LogP contribution in [0, 0.1) is 5.92 Å². The van der Waals surface area contributed by atoms with Crippen molar-refractivity contribution >= 4 is 17.4 Å². The fourth-order valence-electron chi connectivity index (χ4n) is 1.13. The van der Waals surface area contributed by atoms with Crippen molar-refractivity contribution in [3.63, 3.8) is 0 Å². The molecule has 0 atom stereocenters. The Labute approximate surface area is 101 Å². The van der Waals surface area contributed by atoms with Crippen LogP contribution in [0.15, 0.2) is 30.3 Å². The largest absolute Gasteiger partial charge is 0.364 e. The molecule has 1 aromatic rings. The maximum Gasteiger partial charge on any atom is 0.250 e. The first-order chi connectivity index (χ1) is 8.09. The minimum absolute atomic E-state index is 0.00230. The Bertz CT molecular complexity index is 374. The predicted octanol–water partition coefficient (Wildman–Crippen LogP) is 1.87. The molecular weight excluding hydrogens is 218 g/mol. The fraction of sp³-hybridized carbons (Fsp3) is 0.385. The van der Waals surface area contributed by atoms with Gasteiger partial charge < -0.3 is 10.1 Å². The highest BCUT2D eigenvalue weighted by Crippen LogP contribution is 2.04. The summed E-state index contributed by atoms with van der Waals surface area (Å²) >= 11 is 0. The summed E-state index contributed by atoms with van der Waals surface area (Å²) in [6.45, 7) is 3.48. The van der Waals surface area contributed by atoms with Crippen LogP contribution in [0.1, 0.15) is 13.8 Å². The first kappa shape index (κ1) is 13.4.